The molecule has 1 amide bonds. The number of methoxy groups -OCH3 is 2. The van der Waals surface area contributed by atoms with Crippen molar-refractivity contribution in [3.63, 3.8) is 0 Å². The minimum atomic E-state index is -0.684. The molecule has 2 rings (SSSR count). The Hall–Kier alpha value is -3.00. The maximum Gasteiger partial charge on any atom is 0.286 e. The average molecular weight is 395 g/mol. The van der Waals surface area contributed by atoms with E-state index in [1.165, 1.54) is 26.4 Å². The van der Waals surface area contributed by atoms with Gasteiger partial charge in [0.25, 0.3) is 11.6 Å². The van der Waals surface area contributed by atoms with Crippen LogP contribution >= 0.6 is 11.6 Å². The first-order valence-electron chi connectivity index (χ1n) is 7.94. The van der Waals surface area contributed by atoms with Gasteiger partial charge in [-0.05, 0) is 32.0 Å². The molecule has 0 saturated heterocycles. The molecule has 0 heterocycles. The Morgan fingerprint density at radius 1 is 1.11 bits per heavy atom. The number of nitro benzene ring substituents is 1. The van der Waals surface area contributed by atoms with Crippen molar-refractivity contribution in [1.82, 2.24) is 0 Å². The molecule has 0 spiro atoms. The van der Waals surface area contributed by atoms with E-state index in [1.807, 2.05) is 13.8 Å². The highest BCUT2D eigenvalue weighted by atomic mass is 35.5. The van der Waals surface area contributed by atoms with E-state index in [9.17, 15) is 14.9 Å². The summed E-state index contributed by atoms with van der Waals surface area (Å²) < 4.78 is 15.7. The first kappa shape index (κ1) is 20.3. The summed E-state index contributed by atoms with van der Waals surface area (Å²) in [7, 11) is 2.72. The van der Waals surface area contributed by atoms with Crippen molar-refractivity contribution in [2.75, 3.05) is 19.5 Å². The lowest BCUT2D eigenvalue weighted by molar-refractivity contribution is -0.385. The van der Waals surface area contributed by atoms with E-state index in [2.05, 4.69) is 5.32 Å². The summed E-state index contributed by atoms with van der Waals surface area (Å²) in [5, 5.41) is 14.2. The van der Waals surface area contributed by atoms with E-state index in [1.54, 1.807) is 12.1 Å². The third-order valence-corrected chi connectivity index (χ3v) is 3.79. The van der Waals surface area contributed by atoms with Crippen LogP contribution in [0.15, 0.2) is 30.3 Å². The molecule has 0 aliphatic rings. The van der Waals surface area contributed by atoms with Gasteiger partial charge in [0.2, 0.25) is 0 Å². The summed E-state index contributed by atoms with van der Waals surface area (Å²) in [6.07, 6.45) is -0.0580. The quantitative estimate of drug-likeness (QED) is 0.555. The molecule has 144 valence electrons. The first-order chi connectivity index (χ1) is 12.8. The topological polar surface area (TPSA) is 99.9 Å². The SMILES string of the molecule is COc1cc(C(=O)Nc2ccc(OC(C)C)c(Cl)c2)c([N+](=O)[O-])cc1OC. The predicted octanol–water partition coefficient (Wildman–Crippen LogP) is 4.30. The van der Waals surface area contributed by atoms with Gasteiger partial charge in [-0.25, -0.2) is 0 Å². The fourth-order valence-corrected chi connectivity index (χ4v) is 2.55. The van der Waals surface area contributed by atoms with Gasteiger partial charge in [0.1, 0.15) is 11.3 Å². The highest BCUT2D eigenvalue weighted by molar-refractivity contribution is 6.32. The number of rotatable bonds is 7. The van der Waals surface area contributed by atoms with Crippen molar-refractivity contribution >= 4 is 28.9 Å². The van der Waals surface area contributed by atoms with Crippen LogP contribution in [0, 0.1) is 10.1 Å². The summed E-state index contributed by atoms with van der Waals surface area (Å²) in [6, 6.07) is 7.10. The molecule has 0 radical (unpaired) electrons. The van der Waals surface area contributed by atoms with Gasteiger partial charge in [-0.3, -0.25) is 14.9 Å². The van der Waals surface area contributed by atoms with Crippen LogP contribution in [0.25, 0.3) is 0 Å². The highest BCUT2D eigenvalue weighted by Crippen LogP contribution is 2.35. The fraction of sp³-hybridized carbons (Fsp3) is 0.278. The van der Waals surface area contributed by atoms with Crippen LogP contribution in [0.3, 0.4) is 0 Å². The smallest absolute Gasteiger partial charge is 0.286 e. The van der Waals surface area contributed by atoms with E-state index in [0.717, 1.165) is 6.07 Å². The van der Waals surface area contributed by atoms with Crippen molar-refractivity contribution in [3.8, 4) is 17.2 Å². The number of nitrogens with zero attached hydrogens (tertiary/aromatic N) is 1. The lowest BCUT2D eigenvalue weighted by Crippen LogP contribution is -2.14. The average Bonchev–Trinajstić information content (AvgIpc) is 2.62. The number of ether oxygens (including phenoxy) is 3. The van der Waals surface area contributed by atoms with E-state index in [0.29, 0.717) is 16.5 Å². The van der Waals surface area contributed by atoms with Gasteiger partial charge in [0, 0.05) is 11.8 Å². The second kappa shape index (κ2) is 8.59. The number of amides is 1. The molecule has 0 saturated carbocycles. The maximum absolute atomic E-state index is 12.6. The molecule has 0 bridgehead atoms. The van der Waals surface area contributed by atoms with Crippen molar-refractivity contribution in [2.45, 2.75) is 20.0 Å². The Labute approximate surface area is 161 Å². The number of nitro groups is 1. The lowest BCUT2D eigenvalue weighted by atomic mass is 10.1. The first-order valence-corrected chi connectivity index (χ1v) is 8.32. The molecule has 0 atom stereocenters. The minimum Gasteiger partial charge on any atom is -0.493 e. The molecule has 27 heavy (non-hydrogen) atoms. The molecular weight excluding hydrogens is 376 g/mol. The number of nitrogens with one attached hydrogen (secondary N) is 1. The van der Waals surface area contributed by atoms with Crippen LogP contribution in [0.2, 0.25) is 5.02 Å². The van der Waals surface area contributed by atoms with E-state index >= 15 is 0 Å². The van der Waals surface area contributed by atoms with Crippen LogP contribution in [0.4, 0.5) is 11.4 Å². The maximum atomic E-state index is 12.6. The number of benzene rings is 2. The van der Waals surface area contributed by atoms with Crippen molar-refractivity contribution < 1.29 is 23.9 Å². The van der Waals surface area contributed by atoms with Crippen molar-refractivity contribution in [3.05, 3.63) is 51.0 Å². The number of hydrogen-bond acceptors (Lipinski definition) is 6. The third kappa shape index (κ3) is 4.79. The van der Waals surface area contributed by atoms with Crippen molar-refractivity contribution in [1.29, 1.82) is 0 Å². The molecule has 0 aliphatic heterocycles. The highest BCUT2D eigenvalue weighted by Gasteiger charge is 2.24. The number of hydrogen-bond donors (Lipinski definition) is 1. The second-order valence-electron chi connectivity index (χ2n) is 5.75. The molecule has 2 aromatic rings. The van der Waals surface area contributed by atoms with Gasteiger partial charge in [-0.2, -0.15) is 0 Å². The minimum absolute atomic E-state index is 0.0580. The Balaban J connectivity index is 2.35. The van der Waals surface area contributed by atoms with Crippen LogP contribution in [0.5, 0.6) is 17.2 Å². The summed E-state index contributed by atoms with van der Waals surface area (Å²) in [4.78, 5) is 23.3. The molecule has 0 fully saturated rings. The molecule has 1 N–H and O–H groups in total. The van der Waals surface area contributed by atoms with Crippen LogP contribution in [0.1, 0.15) is 24.2 Å². The largest absolute Gasteiger partial charge is 0.493 e. The summed E-state index contributed by atoms with van der Waals surface area (Å²) in [6.45, 7) is 3.73. The normalized spacial score (nSPS) is 10.4. The molecule has 0 aliphatic carbocycles. The Bertz CT molecular complexity index is 869. The Morgan fingerprint density at radius 2 is 1.74 bits per heavy atom. The zero-order valence-corrected chi connectivity index (χ0v) is 16.0. The van der Waals surface area contributed by atoms with Gasteiger partial charge in [-0.15, -0.1) is 0 Å². The second-order valence-corrected chi connectivity index (χ2v) is 6.15. The number of carbonyl (C=O) groups excluding carboxylic acids is 1. The van der Waals surface area contributed by atoms with Gasteiger partial charge >= 0.3 is 0 Å². The standard InChI is InChI=1S/C18H19ClN2O6/c1-10(2)27-15-6-5-11(7-13(15)19)20-18(22)12-8-16(25-3)17(26-4)9-14(12)21(23)24/h5-10H,1-4H3,(H,20,22). The Morgan fingerprint density at radius 3 is 2.26 bits per heavy atom. The predicted molar refractivity (Wildman–Crippen MR) is 101 cm³/mol. The third-order valence-electron chi connectivity index (χ3n) is 3.50. The van der Waals surface area contributed by atoms with Gasteiger partial charge in [-0.1, -0.05) is 11.6 Å². The lowest BCUT2D eigenvalue weighted by Gasteiger charge is -2.13. The zero-order chi connectivity index (χ0) is 20.1. The summed E-state index contributed by atoms with van der Waals surface area (Å²) in [5.74, 6) is 0.143. The van der Waals surface area contributed by atoms with E-state index in [-0.39, 0.29) is 23.2 Å². The van der Waals surface area contributed by atoms with E-state index in [4.69, 9.17) is 25.8 Å². The van der Waals surface area contributed by atoms with Gasteiger partial charge < -0.3 is 19.5 Å². The van der Waals surface area contributed by atoms with Gasteiger partial charge in [0.15, 0.2) is 11.5 Å². The number of halogens is 1. The molecule has 0 aromatic heterocycles. The number of carbonyl (C=O) groups is 1. The van der Waals surface area contributed by atoms with Crippen LogP contribution in [-0.4, -0.2) is 31.2 Å². The van der Waals surface area contributed by atoms with Crippen LogP contribution < -0.4 is 19.5 Å². The van der Waals surface area contributed by atoms with Crippen molar-refractivity contribution in [2.24, 2.45) is 0 Å². The Kier molecular flexibility index (Phi) is 6.46. The van der Waals surface area contributed by atoms with Crippen LogP contribution in [-0.2, 0) is 0 Å². The summed E-state index contributed by atoms with van der Waals surface area (Å²) >= 11 is 6.15. The van der Waals surface area contributed by atoms with Gasteiger partial charge in [0.05, 0.1) is 36.3 Å². The fourth-order valence-electron chi connectivity index (χ4n) is 2.33. The molecule has 0 unspecified atom stereocenters. The zero-order valence-electron chi connectivity index (χ0n) is 15.2. The molecule has 9 heteroatoms. The molecule has 8 nitrogen and oxygen atoms in total. The monoisotopic (exact) mass is 394 g/mol. The summed E-state index contributed by atoms with van der Waals surface area (Å²) in [5.41, 5.74) is -0.211. The molecular formula is C18H19ClN2O6. The van der Waals surface area contributed by atoms with E-state index < -0.39 is 16.5 Å². The molecule has 2 aromatic carbocycles. The number of anilines is 1.